The molecule has 0 unspecified atom stereocenters. The zero-order valence-corrected chi connectivity index (χ0v) is 18.4. The maximum absolute atomic E-state index is 12.3. The van der Waals surface area contributed by atoms with Crippen molar-refractivity contribution >= 4 is 14.1 Å². The minimum Gasteiger partial charge on any atom is -0.416 e. The normalized spacial score (nSPS) is 23.1. The number of aromatic nitrogens is 2. The van der Waals surface area contributed by atoms with E-state index in [-0.39, 0.29) is 28.2 Å². The molecule has 0 aliphatic carbocycles. The number of hydrogen-bond donors (Lipinski definition) is 1. The van der Waals surface area contributed by atoms with Gasteiger partial charge in [-0.1, -0.05) is 51.1 Å². The van der Waals surface area contributed by atoms with Crippen molar-refractivity contribution in [1.29, 1.82) is 0 Å². The van der Waals surface area contributed by atoms with Crippen molar-refractivity contribution in [1.82, 2.24) is 9.55 Å². The van der Waals surface area contributed by atoms with E-state index in [4.69, 9.17) is 14.9 Å². The zero-order valence-electron chi connectivity index (χ0n) is 17.4. The van der Waals surface area contributed by atoms with Gasteiger partial charge in [0.05, 0.1) is 6.61 Å². The van der Waals surface area contributed by atoms with Crippen LogP contribution in [0.25, 0.3) is 0 Å². The van der Waals surface area contributed by atoms with Crippen LogP contribution in [0.2, 0.25) is 18.1 Å². The Hall–Kier alpha value is -1.96. The van der Waals surface area contributed by atoms with Crippen molar-refractivity contribution in [2.24, 2.45) is 0 Å². The van der Waals surface area contributed by atoms with Crippen LogP contribution in [0, 0.1) is 0 Å². The van der Waals surface area contributed by atoms with Gasteiger partial charge in [-0.25, -0.2) is 4.79 Å². The average molecular weight is 402 g/mol. The minimum atomic E-state index is -1.92. The van der Waals surface area contributed by atoms with E-state index >= 15 is 0 Å². The van der Waals surface area contributed by atoms with Crippen LogP contribution in [0.15, 0.2) is 47.4 Å². The molecular formula is C21H31N3O3Si. The predicted octanol–water partition coefficient (Wildman–Crippen LogP) is 3.70. The molecule has 0 bridgehead atoms. The maximum atomic E-state index is 12.3. The molecule has 2 atom stereocenters. The number of rotatable bonds is 5. The molecule has 0 amide bonds. The summed E-state index contributed by atoms with van der Waals surface area (Å²) in [5, 5.41) is 0.127. The Kier molecular flexibility index (Phi) is 5.53. The lowest BCUT2D eigenvalue weighted by Gasteiger charge is -2.39. The molecule has 1 aliphatic heterocycles. The van der Waals surface area contributed by atoms with Crippen LogP contribution in [0.3, 0.4) is 0 Å². The summed E-state index contributed by atoms with van der Waals surface area (Å²) >= 11 is 0. The molecule has 2 heterocycles. The monoisotopic (exact) mass is 401 g/mol. The molecule has 2 aromatic rings. The predicted molar refractivity (Wildman–Crippen MR) is 114 cm³/mol. The van der Waals surface area contributed by atoms with Gasteiger partial charge < -0.3 is 14.9 Å². The molecular weight excluding hydrogens is 370 g/mol. The smallest absolute Gasteiger partial charge is 0.351 e. The number of nitrogen functional groups attached to an aromatic ring is 1. The molecule has 6 nitrogen and oxygen atoms in total. The first-order chi connectivity index (χ1) is 13.0. The lowest BCUT2D eigenvalue weighted by Crippen LogP contribution is -2.45. The van der Waals surface area contributed by atoms with Crippen LogP contribution in [0.1, 0.15) is 39.0 Å². The van der Waals surface area contributed by atoms with E-state index in [1.165, 1.54) is 10.1 Å². The number of benzene rings is 1. The van der Waals surface area contributed by atoms with Crippen molar-refractivity contribution in [2.75, 3.05) is 18.9 Å². The second-order valence-corrected chi connectivity index (χ2v) is 14.0. The molecule has 1 saturated heterocycles. The SMILES string of the molecule is CC(C)(C)[Si](C)(C)OC[C@]1(c2ccccc2)CO[C@H](n2ccc(N)nc2=O)C1. The summed E-state index contributed by atoms with van der Waals surface area (Å²) in [6.45, 7) is 12.3. The first-order valence-corrected chi connectivity index (χ1v) is 12.6. The summed E-state index contributed by atoms with van der Waals surface area (Å²) < 4.78 is 14.2. The minimum absolute atomic E-state index is 0.127. The van der Waals surface area contributed by atoms with Crippen molar-refractivity contribution in [3.05, 3.63) is 58.6 Å². The molecule has 1 fully saturated rings. The molecule has 28 heavy (non-hydrogen) atoms. The van der Waals surface area contributed by atoms with Crippen LogP contribution in [-0.2, 0) is 14.6 Å². The fourth-order valence-electron chi connectivity index (χ4n) is 3.24. The van der Waals surface area contributed by atoms with E-state index < -0.39 is 8.32 Å². The van der Waals surface area contributed by atoms with Gasteiger partial charge in [-0.3, -0.25) is 4.57 Å². The van der Waals surface area contributed by atoms with Gasteiger partial charge in [0.1, 0.15) is 12.0 Å². The molecule has 1 aromatic carbocycles. The topological polar surface area (TPSA) is 79.4 Å². The third-order valence-electron chi connectivity index (χ3n) is 6.18. The van der Waals surface area contributed by atoms with Gasteiger partial charge >= 0.3 is 5.69 Å². The number of anilines is 1. The molecule has 7 heteroatoms. The lowest BCUT2D eigenvalue weighted by molar-refractivity contribution is 0.0471. The molecule has 152 valence electrons. The Morgan fingerprint density at radius 1 is 1.29 bits per heavy atom. The van der Waals surface area contributed by atoms with Crippen molar-refractivity contribution in [3.8, 4) is 0 Å². The van der Waals surface area contributed by atoms with Crippen LogP contribution >= 0.6 is 0 Å². The fraction of sp³-hybridized carbons (Fsp3) is 0.524. The summed E-state index contributed by atoms with van der Waals surface area (Å²) in [5.74, 6) is 0.217. The van der Waals surface area contributed by atoms with Gasteiger partial charge in [0.15, 0.2) is 8.32 Å². The van der Waals surface area contributed by atoms with Gasteiger partial charge in [0.2, 0.25) is 0 Å². The maximum Gasteiger partial charge on any atom is 0.351 e. The lowest BCUT2D eigenvalue weighted by atomic mass is 9.80. The Morgan fingerprint density at radius 3 is 2.57 bits per heavy atom. The molecule has 1 aromatic heterocycles. The van der Waals surface area contributed by atoms with Crippen LogP contribution in [0.4, 0.5) is 5.82 Å². The highest BCUT2D eigenvalue weighted by Gasteiger charge is 2.46. The van der Waals surface area contributed by atoms with Gasteiger partial charge in [-0.05, 0) is 29.8 Å². The molecule has 0 spiro atoms. The van der Waals surface area contributed by atoms with Gasteiger partial charge in [0.25, 0.3) is 0 Å². The average Bonchev–Trinajstić information content (AvgIpc) is 3.05. The first-order valence-electron chi connectivity index (χ1n) is 9.70. The van der Waals surface area contributed by atoms with E-state index in [9.17, 15) is 4.79 Å². The van der Waals surface area contributed by atoms with E-state index in [1.54, 1.807) is 12.3 Å². The highest BCUT2D eigenvalue weighted by Crippen LogP contribution is 2.43. The number of hydrogen-bond acceptors (Lipinski definition) is 5. The van der Waals surface area contributed by atoms with Gasteiger partial charge in [-0.2, -0.15) is 4.98 Å². The summed E-state index contributed by atoms with van der Waals surface area (Å²) in [7, 11) is -1.92. The first kappa shape index (κ1) is 20.8. The highest BCUT2D eigenvalue weighted by molar-refractivity contribution is 6.74. The Balaban J connectivity index is 1.90. The van der Waals surface area contributed by atoms with E-state index in [0.717, 1.165) is 0 Å². The van der Waals surface area contributed by atoms with Crippen molar-refractivity contribution in [2.45, 2.75) is 57.0 Å². The largest absolute Gasteiger partial charge is 0.416 e. The van der Waals surface area contributed by atoms with E-state index in [2.05, 4.69) is 51.0 Å². The van der Waals surface area contributed by atoms with Crippen LogP contribution in [0.5, 0.6) is 0 Å². The summed E-state index contributed by atoms with van der Waals surface area (Å²) in [5.41, 5.74) is 6.11. The standard InChI is InChI=1S/C21H31N3O3Si/c1-20(2,3)28(4,5)27-15-21(16-9-7-6-8-10-16)13-18(26-14-21)24-12-11-17(22)23-19(24)25/h6-12,18H,13-15H2,1-5H3,(H2,22,23,25)/t18-,21+/m0/s1. The third-order valence-corrected chi connectivity index (χ3v) is 10.7. The van der Waals surface area contributed by atoms with Gasteiger partial charge in [0, 0.05) is 24.6 Å². The Bertz CT molecular complexity index is 876. The molecule has 3 rings (SSSR count). The Morgan fingerprint density at radius 2 is 1.96 bits per heavy atom. The van der Waals surface area contributed by atoms with Crippen molar-refractivity contribution < 1.29 is 9.16 Å². The summed E-state index contributed by atoms with van der Waals surface area (Å²) in [6, 6.07) is 11.9. The zero-order chi connectivity index (χ0) is 20.6. The van der Waals surface area contributed by atoms with Crippen molar-refractivity contribution in [3.63, 3.8) is 0 Å². The second-order valence-electron chi connectivity index (χ2n) is 9.21. The summed E-state index contributed by atoms with van der Waals surface area (Å²) in [6.07, 6.45) is 1.92. The molecule has 0 saturated carbocycles. The number of nitrogens with two attached hydrogens (primary N) is 1. The van der Waals surface area contributed by atoms with E-state index in [1.807, 2.05) is 18.2 Å². The van der Waals surface area contributed by atoms with Gasteiger partial charge in [-0.15, -0.1) is 0 Å². The number of nitrogens with zero attached hydrogens (tertiary/aromatic N) is 2. The fourth-order valence-corrected chi connectivity index (χ4v) is 4.31. The molecule has 0 radical (unpaired) electrons. The second kappa shape index (κ2) is 7.46. The number of ether oxygens (including phenoxy) is 1. The summed E-state index contributed by atoms with van der Waals surface area (Å²) in [4.78, 5) is 16.1. The Labute approximate surface area is 167 Å². The molecule has 2 N–H and O–H groups in total. The van der Waals surface area contributed by atoms with Crippen LogP contribution in [-0.4, -0.2) is 31.1 Å². The van der Waals surface area contributed by atoms with Crippen LogP contribution < -0.4 is 11.4 Å². The van der Waals surface area contributed by atoms with E-state index in [0.29, 0.717) is 19.6 Å². The highest BCUT2D eigenvalue weighted by atomic mass is 28.4. The quantitative estimate of drug-likeness (QED) is 0.773. The third kappa shape index (κ3) is 4.06. The molecule has 1 aliphatic rings.